The van der Waals surface area contributed by atoms with Crippen molar-refractivity contribution in [1.82, 2.24) is 0 Å². The molecule has 0 aliphatic heterocycles. The Morgan fingerprint density at radius 3 is 0.968 bits per heavy atom. The van der Waals surface area contributed by atoms with Crippen LogP contribution in [0, 0.1) is 5.92 Å². The van der Waals surface area contributed by atoms with Crippen molar-refractivity contribution >= 4 is 0 Å². The summed E-state index contributed by atoms with van der Waals surface area (Å²) in [5.74, 6) is 1.18. The molecule has 0 aromatic heterocycles. The highest BCUT2D eigenvalue weighted by Gasteiger charge is 2.12. The standard InChI is InChI=1S/C29H60N2/c1-4-6-8-10-12-14-16-18-20-22-24-26-28(27(3)29(30)31)25-23-21-19-17-15-13-11-9-7-5-2/h28H,4-26,30-31H2,1-3H3. The molecule has 0 saturated carbocycles. The van der Waals surface area contributed by atoms with Gasteiger partial charge >= 0.3 is 0 Å². The van der Waals surface area contributed by atoms with Gasteiger partial charge in [0, 0.05) is 0 Å². The first-order chi connectivity index (χ1) is 15.1. The predicted octanol–water partition coefficient (Wildman–Crippen LogP) is 9.76. The van der Waals surface area contributed by atoms with Crippen molar-refractivity contribution in [2.24, 2.45) is 17.4 Å². The van der Waals surface area contributed by atoms with Crippen molar-refractivity contribution in [3.05, 3.63) is 11.4 Å². The SMILES string of the molecule is CCCCCCCCCCCCCC(CCCCCCCCCCCC)C(C)=C(N)N. The second-order valence-corrected chi connectivity index (χ2v) is 10.1. The second kappa shape index (κ2) is 24.0. The van der Waals surface area contributed by atoms with Gasteiger partial charge in [0.25, 0.3) is 0 Å². The lowest BCUT2D eigenvalue weighted by molar-refractivity contribution is 0.443. The number of unbranched alkanes of at least 4 members (excludes halogenated alkanes) is 19. The zero-order chi connectivity index (χ0) is 23.0. The molecule has 186 valence electrons. The van der Waals surface area contributed by atoms with E-state index in [1.807, 2.05) is 0 Å². The van der Waals surface area contributed by atoms with Gasteiger partial charge in [-0.3, -0.25) is 0 Å². The molecule has 31 heavy (non-hydrogen) atoms. The summed E-state index contributed by atoms with van der Waals surface area (Å²) < 4.78 is 0. The van der Waals surface area contributed by atoms with Gasteiger partial charge in [0.05, 0.1) is 5.82 Å². The smallest absolute Gasteiger partial charge is 0.0925 e. The van der Waals surface area contributed by atoms with Gasteiger partial charge in [0.2, 0.25) is 0 Å². The minimum atomic E-state index is 0.570. The summed E-state index contributed by atoms with van der Waals surface area (Å²) in [6.07, 6.45) is 32.1. The average molecular weight is 437 g/mol. The van der Waals surface area contributed by atoms with Crippen molar-refractivity contribution in [2.45, 2.75) is 168 Å². The van der Waals surface area contributed by atoms with Crippen LogP contribution in [0.1, 0.15) is 168 Å². The van der Waals surface area contributed by atoms with Crippen LogP contribution < -0.4 is 11.5 Å². The molecule has 0 rings (SSSR count). The van der Waals surface area contributed by atoms with Gasteiger partial charge in [-0.25, -0.2) is 0 Å². The van der Waals surface area contributed by atoms with E-state index in [0.717, 1.165) is 0 Å². The minimum Gasteiger partial charge on any atom is -0.386 e. The van der Waals surface area contributed by atoms with Crippen molar-refractivity contribution in [1.29, 1.82) is 0 Å². The predicted molar refractivity (Wildman–Crippen MR) is 142 cm³/mol. The summed E-state index contributed by atoms with van der Waals surface area (Å²) in [6, 6.07) is 0. The summed E-state index contributed by atoms with van der Waals surface area (Å²) >= 11 is 0. The summed E-state index contributed by atoms with van der Waals surface area (Å²) in [6.45, 7) is 6.75. The quantitative estimate of drug-likeness (QED) is 0.148. The van der Waals surface area contributed by atoms with E-state index in [0.29, 0.717) is 11.7 Å². The topological polar surface area (TPSA) is 52.0 Å². The van der Waals surface area contributed by atoms with Gasteiger partial charge in [-0.2, -0.15) is 0 Å². The Morgan fingerprint density at radius 1 is 0.452 bits per heavy atom. The van der Waals surface area contributed by atoms with Crippen LogP contribution in [-0.2, 0) is 0 Å². The maximum atomic E-state index is 5.94. The third-order valence-corrected chi connectivity index (χ3v) is 7.13. The molecule has 0 heterocycles. The molecule has 1 unspecified atom stereocenters. The molecule has 0 aliphatic rings. The fraction of sp³-hybridized carbons (Fsp3) is 0.931. The van der Waals surface area contributed by atoms with Crippen LogP contribution >= 0.6 is 0 Å². The zero-order valence-corrected chi connectivity index (χ0v) is 22.0. The molecule has 0 aliphatic carbocycles. The molecule has 4 N–H and O–H groups in total. The number of nitrogens with two attached hydrogens (primary N) is 2. The molecule has 0 aromatic carbocycles. The van der Waals surface area contributed by atoms with E-state index in [1.54, 1.807) is 0 Å². The fourth-order valence-electron chi connectivity index (χ4n) is 4.75. The van der Waals surface area contributed by atoms with Crippen LogP contribution in [0.2, 0.25) is 0 Å². The van der Waals surface area contributed by atoms with E-state index in [1.165, 1.54) is 153 Å². The van der Waals surface area contributed by atoms with Crippen LogP contribution in [0.25, 0.3) is 0 Å². The van der Waals surface area contributed by atoms with Crippen LogP contribution in [0.4, 0.5) is 0 Å². The van der Waals surface area contributed by atoms with Gasteiger partial charge in [0.15, 0.2) is 0 Å². The van der Waals surface area contributed by atoms with Gasteiger partial charge in [0.1, 0.15) is 0 Å². The van der Waals surface area contributed by atoms with Crippen molar-refractivity contribution in [2.75, 3.05) is 0 Å². The Kier molecular flexibility index (Phi) is 23.5. The van der Waals surface area contributed by atoms with E-state index in [9.17, 15) is 0 Å². The Hall–Kier alpha value is -0.660. The monoisotopic (exact) mass is 436 g/mol. The van der Waals surface area contributed by atoms with Crippen LogP contribution in [0.5, 0.6) is 0 Å². The first-order valence-corrected chi connectivity index (χ1v) is 14.3. The van der Waals surface area contributed by atoms with E-state index in [2.05, 4.69) is 20.8 Å². The maximum absolute atomic E-state index is 5.94. The van der Waals surface area contributed by atoms with Gasteiger partial charge < -0.3 is 11.5 Å². The largest absolute Gasteiger partial charge is 0.386 e. The summed E-state index contributed by atoms with van der Waals surface area (Å²) in [7, 11) is 0. The van der Waals surface area contributed by atoms with Crippen molar-refractivity contribution in [3.8, 4) is 0 Å². The molecule has 0 radical (unpaired) electrons. The lowest BCUT2D eigenvalue weighted by atomic mass is 9.88. The van der Waals surface area contributed by atoms with Gasteiger partial charge in [-0.05, 0) is 31.3 Å². The second-order valence-electron chi connectivity index (χ2n) is 10.1. The van der Waals surface area contributed by atoms with Crippen LogP contribution in [0.15, 0.2) is 11.4 Å². The Morgan fingerprint density at radius 2 is 0.710 bits per heavy atom. The van der Waals surface area contributed by atoms with Gasteiger partial charge in [-0.15, -0.1) is 0 Å². The molecule has 2 heteroatoms. The van der Waals surface area contributed by atoms with Crippen molar-refractivity contribution < 1.29 is 0 Å². The molecular weight excluding hydrogens is 376 g/mol. The summed E-state index contributed by atoms with van der Waals surface area (Å²) in [5, 5.41) is 0. The number of allylic oxidation sites excluding steroid dienone is 1. The maximum Gasteiger partial charge on any atom is 0.0925 e. The number of hydrogen-bond acceptors (Lipinski definition) is 2. The Bertz CT molecular complexity index is 384. The lowest BCUT2D eigenvalue weighted by Crippen LogP contribution is -2.16. The summed E-state index contributed by atoms with van der Waals surface area (Å²) in [4.78, 5) is 0. The molecule has 0 fully saturated rings. The molecule has 1 atom stereocenters. The highest BCUT2D eigenvalue weighted by molar-refractivity contribution is 5.08. The highest BCUT2D eigenvalue weighted by atomic mass is 14.8. The number of hydrogen-bond donors (Lipinski definition) is 2. The third-order valence-electron chi connectivity index (χ3n) is 7.13. The number of rotatable bonds is 24. The van der Waals surface area contributed by atoms with Crippen molar-refractivity contribution in [3.63, 3.8) is 0 Å². The lowest BCUT2D eigenvalue weighted by Gasteiger charge is -2.19. The Labute approximate surface area is 197 Å². The van der Waals surface area contributed by atoms with E-state index in [-0.39, 0.29) is 0 Å². The Balaban J connectivity index is 3.75. The molecule has 0 aromatic rings. The molecule has 0 amide bonds. The van der Waals surface area contributed by atoms with E-state index >= 15 is 0 Å². The van der Waals surface area contributed by atoms with Gasteiger partial charge in [-0.1, -0.05) is 149 Å². The molecule has 0 bridgehead atoms. The third kappa shape index (κ3) is 21.0. The normalized spacial score (nSPS) is 12.2. The first-order valence-electron chi connectivity index (χ1n) is 14.3. The van der Waals surface area contributed by atoms with Crippen LogP contribution in [-0.4, -0.2) is 0 Å². The molecular formula is C29H60N2. The average Bonchev–Trinajstić information content (AvgIpc) is 2.76. The highest BCUT2D eigenvalue weighted by Crippen LogP contribution is 2.26. The van der Waals surface area contributed by atoms with E-state index < -0.39 is 0 Å². The minimum absolute atomic E-state index is 0.570. The summed E-state index contributed by atoms with van der Waals surface area (Å²) in [5.41, 5.74) is 13.1. The fourth-order valence-corrected chi connectivity index (χ4v) is 4.75. The molecule has 0 saturated heterocycles. The molecule has 2 nitrogen and oxygen atoms in total. The van der Waals surface area contributed by atoms with Crippen LogP contribution in [0.3, 0.4) is 0 Å². The zero-order valence-electron chi connectivity index (χ0n) is 22.0. The molecule has 0 spiro atoms. The first kappa shape index (κ1) is 30.3. The van der Waals surface area contributed by atoms with E-state index in [4.69, 9.17) is 11.5 Å².